The number of nitrogens with one attached hydrogen (secondary N) is 1. The van der Waals surface area contributed by atoms with Crippen LogP contribution in [-0.2, 0) is 10.5 Å². The minimum absolute atomic E-state index is 0.0865. The summed E-state index contributed by atoms with van der Waals surface area (Å²) in [5, 5.41) is 11.5. The van der Waals surface area contributed by atoms with Crippen molar-refractivity contribution in [3.8, 4) is 0 Å². The molecule has 1 amide bonds. The van der Waals surface area contributed by atoms with E-state index in [1.165, 1.54) is 35.2 Å². The Labute approximate surface area is 159 Å². The molecule has 0 radical (unpaired) electrons. The van der Waals surface area contributed by atoms with Gasteiger partial charge in [0.25, 0.3) is 0 Å². The van der Waals surface area contributed by atoms with E-state index < -0.39 is 0 Å². The molecule has 1 aromatic heterocycles. The molecule has 26 heavy (non-hydrogen) atoms. The molecule has 0 fully saturated rings. The van der Waals surface area contributed by atoms with Gasteiger partial charge >= 0.3 is 0 Å². The van der Waals surface area contributed by atoms with Crippen LogP contribution in [0.5, 0.6) is 0 Å². The second-order valence-electron chi connectivity index (χ2n) is 5.65. The van der Waals surface area contributed by atoms with Gasteiger partial charge in [0, 0.05) is 5.75 Å². The molecule has 7 heteroatoms. The summed E-state index contributed by atoms with van der Waals surface area (Å²) in [7, 11) is 0. The number of amides is 1. The van der Waals surface area contributed by atoms with Gasteiger partial charge < -0.3 is 0 Å². The predicted octanol–water partition coefficient (Wildman–Crippen LogP) is 5.10. The fourth-order valence-corrected chi connectivity index (χ4v) is 4.24. The summed E-state index contributed by atoms with van der Waals surface area (Å²) in [5.41, 5.74) is 1.86. The largest absolute Gasteiger partial charge is 0.300 e. The van der Waals surface area contributed by atoms with Gasteiger partial charge in [-0.05, 0) is 29.7 Å². The Balaban J connectivity index is 1.60. The van der Waals surface area contributed by atoms with Crippen molar-refractivity contribution in [1.29, 1.82) is 0 Å². The molecule has 1 heterocycles. The lowest BCUT2D eigenvalue weighted by Crippen LogP contribution is -2.20. The monoisotopic (exact) mass is 387 g/mol. The lowest BCUT2D eigenvalue weighted by Gasteiger charge is -2.13. The van der Waals surface area contributed by atoms with Crippen LogP contribution in [0.1, 0.15) is 30.4 Å². The van der Waals surface area contributed by atoms with Gasteiger partial charge in [0.05, 0.1) is 5.92 Å². The van der Waals surface area contributed by atoms with Crippen LogP contribution in [0.15, 0.2) is 58.9 Å². The maximum absolute atomic E-state index is 13.2. The topological polar surface area (TPSA) is 54.9 Å². The minimum Gasteiger partial charge on any atom is -0.300 e. The highest BCUT2D eigenvalue weighted by Crippen LogP contribution is 2.29. The van der Waals surface area contributed by atoms with Gasteiger partial charge in [-0.25, -0.2) is 4.39 Å². The van der Waals surface area contributed by atoms with E-state index in [0.717, 1.165) is 15.5 Å². The highest BCUT2D eigenvalue weighted by molar-refractivity contribution is 8.00. The quantitative estimate of drug-likeness (QED) is 0.452. The van der Waals surface area contributed by atoms with E-state index in [0.29, 0.717) is 17.3 Å². The highest BCUT2D eigenvalue weighted by atomic mass is 32.2. The minimum atomic E-state index is -0.250. The van der Waals surface area contributed by atoms with Crippen molar-refractivity contribution in [3.63, 3.8) is 0 Å². The Hall–Kier alpha value is -2.25. The highest BCUT2D eigenvalue weighted by Gasteiger charge is 2.20. The fraction of sp³-hybridized carbons (Fsp3) is 0.211. The van der Waals surface area contributed by atoms with Crippen LogP contribution in [0.4, 0.5) is 9.52 Å². The lowest BCUT2D eigenvalue weighted by atomic mass is 9.96. The van der Waals surface area contributed by atoms with E-state index in [-0.39, 0.29) is 17.6 Å². The number of anilines is 1. The molecule has 0 aliphatic heterocycles. The van der Waals surface area contributed by atoms with E-state index in [1.807, 2.05) is 43.3 Å². The zero-order valence-corrected chi connectivity index (χ0v) is 15.8. The van der Waals surface area contributed by atoms with Crippen LogP contribution < -0.4 is 5.32 Å². The number of benzene rings is 2. The van der Waals surface area contributed by atoms with Crippen molar-refractivity contribution < 1.29 is 9.18 Å². The maximum atomic E-state index is 13.2. The van der Waals surface area contributed by atoms with Crippen LogP contribution in [0.2, 0.25) is 0 Å². The van der Waals surface area contributed by atoms with E-state index in [1.54, 1.807) is 6.07 Å². The molecule has 0 saturated carbocycles. The summed E-state index contributed by atoms with van der Waals surface area (Å²) in [5.74, 6) is 0.0435. The number of aromatic nitrogens is 2. The molecule has 4 nitrogen and oxygen atoms in total. The van der Waals surface area contributed by atoms with Crippen LogP contribution in [0, 0.1) is 5.82 Å². The molecule has 134 valence electrons. The van der Waals surface area contributed by atoms with Crippen LogP contribution in [0.25, 0.3) is 0 Å². The number of carbonyl (C=O) groups excluding carboxylic acids is 1. The Morgan fingerprint density at radius 3 is 2.73 bits per heavy atom. The number of rotatable bonds is 7. The Morgan fingerprint density at radius 1 is 1.19 bits per heavy atom. The van der Waals surface area contributed by atoms with Gasteiger partial charge in [-0.1, -0.05) is 72.5 Å². The fourth-order valence-electron chi connectivity index (χ4n) is 2.54. The summed E-state index contributed by atoms with van der Waals surface area (Å²) in [4.78, 5) is 12.5. The summed E-state index contributed by atoms with van der Waals surface area (Å²) >= 11 is 2.79. The predicted molar refractivity (Wildman–Crippen MR) is 104 cm³/mol. The molecule has 0 spiro atoms. The first-order valence-electron chi connectivity index (χ1n) is 8.22. The molecule has 0 aliphatic rings. The van der Waals surface area contributed by atoms with E-state index in [4.69, 9.17) is 0 Å². The van der Waals surface area contributed by atoms with Crippen LogP contribution >= 0.6 is 23.1 Å². The molecule has 3 rings (SSSR count). The number of halogens is 1. The molecule has 1 atom stereocenters. The van der Waals surface area contributed by atoms with E-state index in [2.05, 4.69) is 15.5 Å². The first-order chi connectivity index (χ1) is 12.7. The molecule has 0 aliphatic carbocycles. The second-order valence-corrected chi connectivity index (χ2v) is 7.85. The molecule has 0 saturated heterocycles. The number of nitrogens with zero attached hydrogens (tertiary/aromatic N) is 2. The summed E-state index contributed by atoms with van der Waals surface area (Å²) in [6.07, 6.45) is 0.704. The normalized spacial score (nSPS) is 11.9. The standard InChI is InChI=1S/C19H18FN3OS2/c1-2-16(14-8-4-3-5-9-14)17(24)21-18-22-23-19(26-18)25-12-13-7-6-10-15(20)11-13/h3-11,16H,2,12H2,1H3,(H,21,22,24)/t16-/m0/s1. The smallest absolute Gasteiger partial charge is 0.233 e. The van der Waals surface area contributed by atoms with Crippen molar-refractivity contribution in [2.45, 2.75) is 29.4 Å². The van der Waals surface area contributed by atoms with Gasteiger partial charge in [-0.2, -0.15) is 0 Å². The lowest BCUT2D eigenvalue weighted by molar-refractivity contribution is -0.117. The second kappa shape index (κ2) is 8.91. The van der Waals surface area contributed by atoms with E-state index >= 15 is 0 Å². The van der Waals surface area contributed by atoms with Gasteiger partial charge in [0.1, 0.15) is 5.82 Å². The SMILES string of the molecule is CC[C@H](C(=O)Nc1nnc(SCc2cccc(F)c2)s1)c1ccccc1. The summed E-state index contributed by atoms with van der Waals surface area (Å²) < 4.78 is 13.9. The van der Waals surface area contributed by atoms with Crippen molar-refractivity contribution >= 4 is 34.1 Å². The molecule has 2 aromatic carbocycles. The van der Waals surface area contributed by atoms with Gasteiger partial charge in [-0.3, -0.25) is 10.1 Å². The third-order valence-corrected chi connectivity index (χ3v) is 5.86. The Bertz CT molecular complexity index is 870. The van der Waals surface area contributed by atoms with Crippen LogP contribution in [0.3, 0.4) is 0 Å². The average Bonchev–Trinajstić information content (AvgIpc) is 3.09. The first kappa shape index (κ1) is 18.5. The van der Waals surface area contributed by atoms with Crippen molar-refractivity contribution in [2.75, 3.05) is 5.32 Å². The van der Waals surface area contributed by atoms with Gasteiger partial charge in [-0.15, -0.1) is 10.2 Å². The van der Waals surface area contributed by atoms with Crippen molar-refractivity contribution in [1.82, 2.24) is 10.2 Å². The number of carbonyl (C=O) groups is 1. The van der Waals surface area contributed by atoms with Crippen molar-refractivity contribution in [3.05, 3.63) is 71.5 Å². The number of hydrogen-bond acceptors (Lipinski definition) is 5. The van der Waals surface area contributed by atoms with Gasteiger partial charge in [0.2, 0.25) is 11.0 Å². The Kier molecular flexibility index (Phi) is 6.35. The summed E-state index contributed by atoms with van der Waals surface area (Å²) in [6, 6.07) is 16.2. The molecule has 1 N–H and O–H groups in total. The Morgan fingerprint density at radius 2 is 2.00 bits per heavy atom. The maximum Gasteiger partial charge on any atom is 0.233 e. The molecular formula is C19H18FN3OS2. The van der Waals surface area contributed by atoms with Crippen molar-refractivity contribution in [2.24, 2.45) is 0 Å². The average molecular weight is 388 g/mol. The molecular weight excluding hydrogens is 369 g/mol. The first-order valence-corrected chi connectivity index (χ1v) is 10.0. The zero-order valence-electron chi connectivity index (χ0n) is 14.2. The molecule has 3 aromatic rings. The molecule has 0 unspecified atom stereocenters. The zero-order chi connectivity index (χ0) is 18.4. The van der Waals surface area contributed by atoms with Gasteiger partial charge in [0.15, 0.2) is 4.34 Å². The third-order valence-electron chi connectivity index (χ3n) is 3.81. The number of thioether (sulfide) groups is 1. The number of hydrogen-bond donors (Lipinski definition) is 1. The summed E-state index contributed by atoms with van der Waals surface area (Å²) in [6.45, 7) is 1.98. The molecule has 0 bridgehead atoms. The van der Waals surface area contributed by atoms with E-state index in [9.17, 15) is 9.18 Å². The van der Waals surface area contributed by atoms with Crippen LogP contribution in [-0.4, -0.2) is 16.1 Å². The third kappa shape index (κ3) is 4.89.